The van der Waals surface area contributed by atoms with Crippen LogP contribution in [-0.2, 0) is 10.9 Å². The molecule has 1 amide bonds. The van der Waals surface area contributed by atoms with Crippen LogP contribution in [-0.4, -0.2) is 45.6 Å². The second-order valence-corrected chi connectivity index (χ2v) is 6.43. The summed E-state index contributed by atoms with van der Waals surface area (Å²) < 4.78 is 49.7. The van der Waals surface area contributed by atoms with Crippen LogP contribution in [0.1, 0.15) is 34.7 Å². The maximum absolute atomic E-state index is 12.7. The van der Waals surface area contributed by atoms with Crippen molar-refractivity contribution in [1.82, 2.24) is 19.4 Å². The van der Waals surface area contributed by atoms with E-state index < -0.39 is 17.8 Å². The first-order valence-corrected chi connectivity index (χ1v) is 9.11. The van der Waals surface area contributed by atoms with Gasteiger partial charge >= 0.3 is 6.18 Å². The highest BCUT2D eigenvalue weighted by molar-refractivity contribution is 6.02. The van der Waals surface area contributed by atoms with Crippen molar-refractivity contribution in [3.05, 3.63) is 47.7 Å². The van der Waals surface area contributed by atoms with Crippen LogP contribution in [0.3, 0.4) is 0 Å². The molecule has 1 saturated heterocycles. The Hall–Kier alpha value is -3.21. The Labute approximate surface area is 170 Å². The molecule has 0 bridgehead atoms. The lowest BCUT2D eigenvalue weighted by molar-refractivity contribution is -0.141. The lowest BCUT2D eigenvalue weighted by atomic mass is 10.3. The lowest BCUT2D eigenvalue weighted by Crippen LogP contribution is -2.17. The number of hydrogen-bond acceptors (Lipinski definition) is 6. The first kappa shape index (κ1) is 21.5. The average Bonchev–Trinajstić information content (AvgIpc) is 3.39. The van der Waals surface area contributed by atoms with Gasteiger partial charge in [-0.15, -0.1) is 0 Å². The van der Waals surface area contributed by atoms with Crippen LogP contribution in [0.5, 0.6) is 5.88 Å². The zero-order chi connectivity index (χ0) is 21.7. The number of carbonyl (C=O) groups is 1. The van der Waals surface area contributed by atoms with E-state index in [9.17, 15) is 18.0 Å². The van der Waals surface area contributed by atoms with Gasteiger partial charge in [-0.2, -0.15) is 13.2 Å². The molecule has 0 spiro atoms. The molecule has 3 aromatic heterocycles. The fourth-order valence-corrected chi connectivity index (χ4v) is 2.69. The molecule has 1 fully saturated rings. The van der Waals surface area contributed by atoms with Gasteiger partial charge in [-0.3, -0.25) is 9.20 Å². The van der Waals surface area contributed by atoms with Crippen LogP contribution < -0.4 is 10.1 Å². The minimum Gasteiger partial charge on any atom is -0.478 e. The fourth-order valence-electron chi connectivity index (χ4n) is 2.69. The number of nitrogens with zero attached hydrogens (tertiary/aromatic N) is 4. The molecule has 0 radical (unpaired) electrons. The third kappa shape index (κ3) is 5.23. The highest BCUT2D eigenvalue weighted by Crippen LogP contribution is 2.28. The summed E-state index contributed by atoms with van der Waals surface area (Å²) >= 11 is 0. The van der Waals surface area contributed by atoms with Crippen molar-refractivity contribution in [2.75, 3.05) is 25.6 Å². The summed E-state index contributed by atoms with van der Waals surface area (Å²) in [5, 5.41) is 2.29. The summed E-state index contributed by atoms with van der Waals surface area (Å²) in [6.45, 7) is 3.76. The molecule has 8 nitrogen and oxygen atoms in total. The van der Waals surface area contributed by atoms with Gasteiger partial charge in [-0.05, 0) is 31.9 Å². The number of imidazole rings is 1. The summed E-state index contributed by atoms with van der Waals surface area (Å²) in [7, 11) is 1.38. The first-order chi connectivity index (χ1) is 14.3. The van der Waals surface area contributed by atoms with Gasteiger partial charge in [-0.25, -0.2) is 15.0 Å². The Balaban J connectivity index is 0.000000448. The highest BCUT2D eigenvalue weighted by Gasteiger charge is 2.32. The molecule has 11 heteroatoms. The molecule has 0 saturated carbocycles. The molecule has 4 heterocycles. The molecule has 160 valence electrons. The average molecular weight is 423 g/mol. The third-order valence-electron chi connectivity index (χ3n) is 4.06. The Morgan fingerprint density at radius 3 is 2.50 bits per heavy atom. The molecule has 1 aliphatic rings. The van der Waals surface area contributed by atoms with Crippen LogP contribution in [0.4, 0.5) is 19.0 Å². The van der Waals surface area contributed by atoms with E-state index >= 15 is 0 Å². The van der Waals surface area contributed by atoms with Crippen molar-refractivity contribution >= 4 is 17.4 Å². The molecule has 1 N–H and O–H groups in total. The zero-order valence-electron chi connectivity index (χ0n) is 16.4. The Morgan fingerprint density at radius 2 is 1.90 bits per heavy atom. The van der Waals surface area contributed by atoms with Gasteiger partial charge in [-0.1, -0.05) is 6.07 Å². The fraction of sp³-hybridized carbons (Fsp3) is 0.368. The van der Waals surface area contributed by atoms with Crippen molar-refractivity contribution in [2.24, 2.45) is 0 Å². The molecule has 1 aliphatic heterocycles. The van der Waals surface area contributed by atoms with Gasteiger partial charge in [0.15, 0.2) is 0 Å². The van der Waals surface area contributed by atoms with Crippen LogP contribution in [0.15, 0.2) is 30.6 Å². The smallest absolute Gasteiger partial charge is 0.433 e. The molecule has 30 heavy (non-hydrogen) atoms. The van der Waals surface area contributed by atoms with Gasteiger partial charge in [0.25, 0.3) is 11.8 Å². The molecule has 0 unspecified atom stereocenters. The quantitative estimate of drug-likeness (QED) is 0.693. The van der Waals surface area contributed by atoms with E-state index in [-0.39, 0.29) is 17.4 Å². The van der Waals surface area contributed by atoms with Gasteiger partial charge in [0.1, 0.15) is 17.2 Å². The number of methoxy groups -OCH3 is 1. The Bertz CT molecular complexity index is 1020. The number of halogens is 3. The molecule has 3 aromatic rings. The van der Waals surface area contributed by atoms with Gasteiger partial charge in [0, 0.05) is 25.6 Å². The number of aryl methyl sites for hydroxylation is 1. The van der Waals surface area contributed by atoms with Crippen molar-refractivity contribution in [3.63, 3.8) is 0 Å². The monoisotopic (exact) mass is 423 g/mol. The number of rotatable bonds is 3. The van der Waals surface area contributed by atoms with Crippen molar-refractivity contribution in [1.29, 1.82) is 0 Å². The summed E-state index contributed by atoms with van der Waals surface area (Å²) in [6, 6.07) is 3.23. The van der Waals surface area contributed by atoms with Crippen LogP contribution in [0.25, 0.3) is 5.65 Å². The lowest BCUT2D eigenvalue weighted by Gasteiger charge is -2.09. The number of anilines is 1. The standard InChI is InChI=1S/C15H12F3N5O2.C4H8O/c1-8-6-23-7-9(20-14(25-2)12(23)19-8)13(24)22-11-5-3-4-10(21-11)15(16,17)18;1-2-4-5-3-1/h3-7H,1-2H3,(H,21,22,24);1-4H2. The molecular formula is C19H20F3N5O3. The van der Waals surface area contributed by atoms with Crippen molar-refractivity contribution in [2.45, 2.75) is 25.9 Å². The summed E-state index contributed by atoms with van der Waals surface area (Å²) in [5.74, 6) is -0.835. The largest absolute Gasteiger partial charge is 0.478 e. The number of hydrogen-bond donors (Lipinski definition) is 1. The number of fused-ring (bicyclic) bond motifs is 1. The maximum Gasteiger partial charge on any atom is 0.433 e. The summed E-state index contributed by atoms with van der Waals surface area (Å²) in [4.78, 5) is 23.9. The van der Waals surface area contributed by atoms with Crippen LogP contribution >= 0.6 is 0 Å². The molecule has 0 aromatic carbocycles. The number of alkyl halides is 3. The SMILES string of the molecule is C1CCOC1.COc1nc(C(=O)Nc2cccc(C(F)(F)F)n2)cn2cc(C)nc12. The molecule has 0 aliphatic carbocycles. The summed E-state index contributed by atoms with van der Waals surface area (Å²) in [5.41, 5.74) is -0.0385. The zero-order valence-corrected chi connectivity index (χ0v) is 16.4. The van der Waals surface area contributed by atoms with E-state index in [2.05, 4.69) is 20.3 Å². The second kappa shape index (κ2) is 9.08. The van der Waals surface area contributed by atoms with E-state index in [1.807, 2.05) is 0 Å². The maximum atomic E-state index is 12.7. The van der Waals surface area contributed by atoms with Crippen molar-refractivity contribution < 1.29 is 27.4 Å². The Morgan fingerprint density at radius 1 is 1.17 bits per heavy atom. The topological polar surface area (TPSA) is 90.6 Å². The van der Waals surface area contributed by atoms with E-state index in [4.69, 9.17) is 9.47 Å². The third-order valence-corrected chi connectivity index (χ3v) is 4.06. The molecular weight excluding hydrogens is 403 g/mol. The summed E-state index contributed by atoms with van der Waals surface area (Å²) in [6.07, 6.45) is 1.02. The normalized spacial score (nSPS) is 13.6. The van der Waals surface area contributed by atoms with Gasteiger partial charge in [0.2, 0.25) is 5.65 Å². The van der Waals surface area contributed by atoms with E-state index in [0.29, 0.717) is 11.3 Å². The number of carbonyl (C=O) groups excluding carboxylic acids is 1. The number of nitrogens with one attached hydrogen (secondary N) is 1. The van der Waals surface area contributed by atoms with Crippen LogP contribution in [0.2, 0.25) is 0 Å². The number of pyridine rings is 1. The van der Waals surface area contributed by atoms with E-state index in [1.165, 1.54) is 32.2 Å². The predicted octanol–water partition coefficient (Wildman–Crippen LogP) is 3.51. The molecule has 4 rings (SSSR count). The van der Waals surface area contributed by atoms with E-state index in [0.717, 1.165) is 25.3 Å². The minimum absolute atomic E-state index is 0.0547. The number of aromatic nitrogens is 4. The predicted molar refractivity (Wildman–Crippen MR) is 102 cm³/mol. The van der Waals surface area contributed by atoms with Gasteiger partial charge in [0.05, 0.1) is 12.8 Å². The minimum atomic E-state index is -4.60. The molecule has 0 atom stereocenters. The van der Waals surface area contributed by atoms with E-state index in [1.54, 1.807) is 17.5 Å². The first-order valence-electron chi connectivity index (χ1n) is 9.11. The Kier molecular flexibility index (Phi) is 6.50. The number of ether oxygens (including phenoxy) is 2. The number of amides is 1. The second-order valence-electron chi connectivity index (χ2n) is 6.43. The van der Waals surface area contributed by atoms with Crippen molar-refractivity contribution in [3.8, 4) is 5.88 Å². The van der Waals surface area contributed by atoms with Gasteiger partial charge < -0.3 is 14.8 Å². The van der Waals surface area contributed by atoms with Crippen LogP contribution in [0, 0.1) is 6.92 Å². The highest BCUT2D eigenvalue weighted by atomic mass is 19.4.